The van der Waals surface area contributed by atoms with Crippen molar-refractivity contribution in [1.29, 1.82) is 0 Å². The summed E-state index contributed by atoms with van der Waals surface area (Å²) in [6, 6.07) is 31.5. The van der Waals surface area contributed by atoms with Gasteiger partial charge in [0.05, 0.1) is 18.6 Å². The van der Waals surface area contributed by atoms with Crippen LogP contribution in [-0.2, 0) is 11.4 Å². The molecule has 0 aliphatic heterocycles. The Labute approximate surface area is 208 Å². The van der Waals surface area contributed by atoms with E-state index < -0.39 is 0 Å². The quantitative estimate of drug-likeness (QED) is 0.154. The molecule has 36 heavy (non-hydrogen) atoms. The van der Waals surface area contributed by atoms with Gasteiger partial charge in [0, 0.05) is 5.56 Å². The van der Waals surface area contributed by atoms with Gasteiger partial charge in [0.25, 0.3) is 0 Å². The number of carbonyl (C=O) groups excluding carboxylic acids is 1. The topological polar surface area (TPSA) is 81.8 Å². The smallest absolute Gasteiger partial charge is 0.158 e. The average molecular weight is 478 g/mol. The summed E-state index contributed by atoms with van der Waals surface area (Å²) in [6.07, 6.45) is 5.53. The first-order valence-corrected chi connectivity index (χ1v) is 11.1. The van der Waals surface area contributed by atoms with E-state index in [4.69, 9.17) is 14.5 Å². The highest BCUT2D eigenvalue weighted by Crippen LogP contribution is 2.15. The van der Waals surface area contributed by atoms with Crippen molar-refractivity contribution in [1.82, 2.24) is 0 Å². The fraction of sp³-hybridized carbons (Fsp3) is 0.0345. The lowest BCUT2D eigenvalue weighted by Gasteiger charge is -2.02. The van der Waals surface area contributed by atoms with Crippen molar-refractivity contribution in [3.8, 4) is 11.5 Å². The predicted molar refractivity (Wildman–Crippen MR) is 140 cm³/mol. The molecular weight excluding hydrogens is 454 g/mol. The van der Waals surface area contributed by atoms with E-state index >= 15 is 0 Å². The highest BCUT2D eigenvalue weighted by Gasteiger charge is 1.98. The van der Waals surface area contributed by atoms with Crippen molar-refractivity contribution in [2.24, 2.45) is 15.5 Å². The van der Waals surface area contributed by atoms with E-state index in [1.54, 1.807) is 61.1 Å². The summed E-state index contributed by atoms with van der Waals surface area (Å²) >= 11 is 0. The minimum atomic E-state index is 0.402. The van der Waals surface area contributed by atoms with Crippen LogP contribution in [-0.4, -0.2) is 24.9 Å². The molecule has 0 fully saturated rings. The lowest BCUT2D eigenvalue weighted by atomic mass is 10.1. The van der Waals surface area contributed by atoms with Gasteiger partial charge in [0.1, 0.15) is 12.9 Å². The molecule has 0 saturated heterocycles. The predicted octanol–water partition coefficient (Wildman–Crippen LogP) is 5.88. The number of benzene rings is 4. The molecule has 4 aromatic carbocycles. The maximum atomic E-state index is 10.9. The summed E-state index contributed by atoms with van der Waals surface area (Å²) < 4.78 is 0. The van der Waals surface area contributed by atoms with Crippen LogP contribution in [0.3, 0.4) is 0 Å². The molecule has 0 atom stereocenters. The van der Waals surface area contributed by atoms with E-state index in [1.807, 2.05) is 60.7 Å². The molecule has 4 aromatic rings. The van der Waals surface area contributed by atoms with Crippen LogP contribution in [0, 0.1) is 0 Å². The maximum absolute atomic E-state index is 10.9. The number of hydrogen-bond donors (Lipinski definition) is 0. The molecule has 0 unspecified atom stereocenters. The first-order chi connectivity index (χ1) is 17.8. The van der Waals surface area contributed by atoms with Gasteiger partial charge < -0.3 is 14.5 Å². The molecule has 0 amide bonds. The molecule has 4 rings (SSSR count). The maximum Gasteiger partial charge on any atom is 0.158 e. The van der Waals surface area contributed by atoms with Crippen LogP contribution in [0.1, 0.15) is 32.6 Å². The lowest BCUT2D eigenvalue weighted by Crippen LogP contribution is -1.91. The normalized spacial score (nSPS) is 11.2. The van der Waals surface area contributed by atoms with E-state index in [0.29, 0.717) is 23.7 Å². The van der Waals surface area contributed by atoms with E-state index in [1.165, 1.54) is 0 Å². The zero-order valence-corrected chi connectivity index (χ0v) is 19.3. The first-order valence-electron chi connectivity index (χ1n) is 11.1. The second-order valence-corrected chi connectivity index (χ2v) is 7.58. The molecule has 0 radical (unpaired) electrons. The van der Waals surface area contributed by atoms with E-state index in [9.17, 15) is 4.79 Å². The Morgan fingerprint density at radius 3 is 1.69 bits per heavy atom. The molecule has 0 aliphatic rings. The third-order valence-corrected chi connectivity index (χ3v) is 4.83. The lowest BCUT2D eigenvalue weighted by molar-refractivity contribution is 0.112. The SMILES string of the molecule is O=Cc1cccc(/C=N/Oc2cccc(/C=N/Oc3cccc(/C=N/OCc4ccccc4)c3)c2)c1. The molecule has 7 heteroatoms. The number of hydrogen-bond acceptors (Lipinski definition) is 7. The zero-order chi connectivity index (χ0) is 24.8. The minimum absolute atomic E-state index is 0.402. The number of rotatable bonds is 11. The van der Waals surface area contributed by atoms with Crippen LogP contribution in [0.15, 0.2) is 119 Å². The minimum Gasteiger partial charge on any atom is -0.391 e. The summed E-state index contributed by atoms with van der Waals surface area (Å²) in [5.74, 6) is 1.10. The van der Waals surface area contributed by atoms with Gasteiger partial charge in [-0.05, 0) is 52.6 Å². The van der Waals surface area contributed by atoms with Crippen molar-refractivity contribution >= 4 is 24.9 Å². The molecule has 0 bridgehead atoms. The highest BCUT2D eigenvalue weighted by atomic mass is 16.6. The zero-order valence-electron chi connectivity index (χ0n) is 19.3. The van der Waals surface area contributed by atoms with Crippen molar-refractivity contribution < 1.29 is 19.3 Å². The molecule has 0 N–H and O–H groups in total. The third kappa shape index (κ3) is 7.78. The molecule has 0 saturated carbocycles. The first kappa shape index (κ1) is 24.1. The van der Waals surface area contributed by atoms with Crippen LogP contribution in [0.5, 0.6) is 11.5 Å². The van der Waals surface area contributed by atoms with Crippen LogP contribution < -0.4 is 9.68 Å². The molecule has 178 valence electrons. The van der Waals surface area contributed by atoms with Gasteiger partial charge in [0.2, 0.25) is 0 Å². The van der Waals surface area contributed by atoms with E-state index in [2.05, 4.69) is 15.5 Å². The van der Waals surface area contributed by atoms with Gasteiger partial charge in [-0.3, -0.25) is 4.79 Å². The summed E-state index contributed by atoms with van der Waals surface area (Å²) in [5.41, 5.74) is 3.99. The molecule has 0 aromatic heterocycles. The van der Waals surface area contributed by atoms with Crippen LogP contribution in [0.25, 0.3) is 0 Å². The average Bonchev–Trinajstić information content (AvgIpc) is 2.92. The van der Waals surface area contributed by atoms with Crippen LogP contribution in [0.2, 0.25) is 0 Å². The second kappa shape index (κ2) is 13.0. The fourth-order valence-electron chi connectivity index (χ4n) is 3.10. The van der Waals surface area contributed by atoms with Gasteiger partial charge in [-0.1, -0.05) is 88.3 Å². The van der Waals surface area contributed by atoms with E-state index in [-0.39, 0.29) is 0 Å². The Morgan fingerprint density at radius 1 is 0.556 bits per heavy atom. The molecule has 0 heterocycles. The van der Waals surface area contributed by atoms with Crippen molar-refractivity contribution in [3.63, 3.8) is 0 Å². The molecule has 0 spiro atoms. The third-order valence-electron chi connectivity index (χ3n) is 4.83. The summed E-state index contributed by atoms with van der Waals surface area (Å²) in [4.78, 5) is 27.1. The standard InChI is InChI=1S/C29H23N3O4/c33-21-27-12-4-9-24(15-27)19-31-35-29-14-6-11-26(17-29)20-32-36-28-13-5-10-25(16-28)18-30-34-22-23-7-2-1-3-8-23/h1-21H,22H2/b30-18+,31-19+,32-20+. The van der Waals surface area contributed by atoms with Crippen molar-refractivity contribution in [2.45, 2.75) is 6.61 Å². The summed E-state index contributed by atoms with van der Waals surface area (Å²) in [7, 11) is 0. The Bertz CT molecular complexity index is 1370. The summed E-state index contributed by atoms with van der Waals surface area (Å²) in [6.45, 7) is 0.402. The van der Waals surface area contributed by atoms with Gasteiger partial charge in [0.15, 0.2) is 11.5 Å². The van der Waals surface area contributed by atoms with Gasteiger partial charge >= 0.3 is 0 Å². The Morgan fingerprint density at radius 2 is 1.08 bits per heavy atom. The Kier molecular flexibility index (Phi) is 8.70. The number of oxime groups is 3. The highest BCUT2D eigenvalue weighted by molar-refractivity contribution is 5.84. The largest absolute Gasteiger partial charge is 0.391 e. The second-order valence-electron chi connectivity index (χ2n) is 7.58. The number of aldehydes is 1. The van der Waals surface area contributed by atoms with Gasteiger partial charge in [-0.15, -0.1) is 0 Å². The van der Waals surface area contributed by atoms with Crippen molar-refractivity contribution in [2.75, 3.05) is 0 Å². The van der Waals surface area contributed by atoms with E-state index in [0.717, 1.165) is 28.5 Å². The molecule has 0 aliphatic carbocycles. The summed E-state index contributed by atoms with van der Waals surface area (Å²) in [5, 5.41) is 12.0. The number of nitrogens with zero attached hydrogens (tertiary/aromatic N) is 3. The Hall–Kier alpha value is -5.04. The van der Waals surface area contributed by atoms with Gasteiger partial charge in [-0.25, -0.2) is 0 Å². The number of carbonyl (C=O) groups is 1. The van der Waals surface area contributed by atoms with Crippen molar-refractivity contribution in [3.05, 3.63) is 131 Å². The van der Waals surface area contributed by atoms with Gasteiger partial charge in [-0.2, -0.15) is 0 Å². The fourth-order valence-corrected chi connectivity index (χ4v) is 3.10. The monoisotopic (exact) mass is 477 g/mol. The molecular formula is C29H23N3O4. The van der Waals surface area contributed by atoms with Crippen LogP contribution >= 0.6 is 0 Å². The molecule has 7 nitrogen and oxygen atoms in total. The Balaban J connectivity index is 1.28. The van der Waals surface area contributed by atoms with Crippen LogP contribution in [0.4, 0.5) is 0 Å².